The van der Waals surface area contributed by atoms with Gasteiger partial charge in [-0.25, -0.2) is 0 Å². The van der Waals surface area contributed by atoms with E-state index in [-0.39, 0.29) is 6.04 Å². The van der Waals surface area contributed by atoms with E-state index in [1.165, 1.54) is 4.90 Å². The molecule has 0 saturated heterocycles. The smallest absolute Gasteiger partial charge is 0.401 e. The van der Waals surface area contributed by atoms with E-state index in [1.807, 2.05) is 6.07 Å². The second-order valence-electron chi connectivity index (χ2n) is 4.63. The number of halogens is 3. The minimum absolute atomic E-state index is 0.127. The standard InChI is InChI=1S/C12H17F3N2O/c13-12(14,15)9-17(11-1-2-11)5-4-16-7-10-3-6-18-8-10/h3,6,8,11,16H,1-2,4-5,7,9H2. The van der Waals surface area contributed by atoms with Crippen LogP contribution in [0.15, 0.2) is 23.0 Å². The molecule has 1 fully saturated rings. The van der Waals surface area contributed by atoms with Gasteiger partial charge in [0, 0.05) is 31.2 Å². The van der Waals surface area contributed by atoms with E-state index in [0.29, 0.717) is 19.6 Å². The second-order valence-corrected chi connectivity index (χ2v) is 4.63. The number of nitrogens with one attached hydrogen (secondary N) is 1. The Bertz CT molecular complexity index is 347. The maximum absolute atomic E-state index is 12.4. The summed E-state index contributed by atoms with van der Waals surface area (Å²) in [5.41, 5.74) is 1.00. The highest BCUT2D eigenvalue weighted by molar-refractivity contribution is 5.04. The summed E-state index contributed by atoms with van der Waals surface area (Å²) in [4.78, 5) is 1.52. The zero-order valence-corrected chi connectivity index (χ0v) is 10.0. The van der Waals surface area contributed by atoms with Crippen LogP contribution in [0.2, 0.25) is 0 Å². The van der Waals surface area contributed by atoms with E-state index >= 15 is 0 Å². The summed E-state index contributed by atoms with van der Waals surface area (Å²) in [5, 5.41) is 3.12. The van der Waals surface area contributed by atoms with Gasteiger partial charge in [-0.05, 0) is 18.9 Å². The van der Waals surface area contributed by atoms with Crippen LogP contribution in [0.5, 0.6) is 0 Å². The highest BCUT2D eigenvalue weighted by Gasteiger charge is 2.37. The lowest BCUT2D eigenvalue weighted by molar-refractivity contribution is -0.147. The zero-order chi connectivity index (χ0) is 13.0. The average molecular weight is 262 g/mol. The molecule has 18 heavy (non-hydrogen) atoms. The summed E-state index contributed by atoms with van der Waals surface area (Å²) >= 11 is 0. The first-order valence-electron chi connectivity index (χ1n) is 6.07. The Morgan fingerprint density at radius 3 is 2.72 bits per heavy atom. The van der Waals surface area contributed by atoms with E-state index in [4.69, 9.17) is 4.42 Å². The SMILES string of the molecule is FC(F)(F)CN(CCNCc1ccoc1)C1CC1. The van der Waals surface area contributed by atoms with Gasteiger partial charge in [0.2, 0.25) is 0 Å². The molecule has 2 rings (SSSR count). The van der Waals surface area contributed by atoms with Crippen molar-refractivity contribution in [3.8, 4) is 0 Å². The van der Waals surface area contributed by atoms with Crippen LogP contribution in [0.4, 0.5) is 13.2 Å². The van der Waals surface area contributed by atoms with Gasteiger partial charge in [-0.1, -0.05) is 0 Å². The van der Waals surface area contributed by atoms with Gasteiger partial charge in [-0.3, -0.25) is 4.90 Å². The number of nitrogens with zero attached hydrogens (tertiary/aromatic N) is 1. The van der Waals surface area contributed by atoms with Crippen molar-refractivity contribution in [3.05, 3.63) is 24.2 Å². The van der Waals surface area contributed by atoms with Crippen LogP contribution < -0.4 is 5.32 Å². The Morgan fingerprint density at radius 2 is 2.17 bits per heavy atom. The molecular weight excluding hydrogens is 245 g/mol. The topological polar surface area (TPSA) is 28.4 Å². The molecule has 0 atom stereocenters. The van der Waals surface area contributed by atoms with E-state index < -0.39 is 12.7 Å². The lowest BCUT2D eigenvalue weighted by Crippen LogP contribution is -2.40. The van der Waals surface area contributed by atoms with Crippen LogP contribution in [0.25, 0.3) is 0 Å². The molecule has 0 aromatic carbocycles. The maximum Gasteiger partial charge on any atom is 0.401 e. The molecule has 0 radical (unpaired) electrons. The highest BCUT2D eigenvalue weighted by atomic mass is 19.4. The number of alkyl halides is 3. The predicted octanol–water partition coefficient (Wildman–Crippen LogP) is 2.40. The van der Waals surface area contributed by atoms with Gasteiger partial charge < -0.3 is 9.73 Å². The van der Waals surface area contributed by atoms with Gasteiger partial charge in [0.15, 0.2) is 0 Å². The van der Waals surface area contributed by atoms with E-state index in [9.17, 15) is 13.2 Å². The molecule has 1 heterocycles. The average Bonchev–Trinajstić information content (AvgIpc) is 2.99. The van der Waals surface area contributed by atoms with Crippen molar-refractivity contribution < 1.29 is 17.6 Å². The first kappa shape index (κ1) is 13.4. The highest BCUT2D eigenvalue weighted by Crippen LogP contribution is 2.29. The van der Waals surface area contributed by atoms with Crippen molar-refractivity contribution in [2.75, 3.05) is 19.6 Å². The van der Waals surface area contributed by atoms with Crippen LogP contribution in [-0.2, 0) is 6.54 Å². The Labute approximate surface area is 104 Å². The third kappa shape index (κ3) is 4.70. The minimum Gasteiger partial charge on any atom is -0.472 e. The molecule has 0 amide bonds. The largest absolute Gasteiger partial charge is 0.472 e. The monoisotopic (exact) mass is 262 g/mol. The maximum atomic E-state index is 12.4. The fourth-order valence-electron chi connectivity index (χ4n) is 1.91. The zero-order valence-electron chi connectivity index (χ0n) is 10.0. The first-order valence-corrected chi connectivity index (χ1v) is 6.07. The molecule has 1 aliphatic rings. The molecular formula is C12H17F3N2O. The first-order chi connectivity index (χ1) is 8.54. The predicted molar refractivity (Wildman–Crippen MR) is 61.1 cm³/mol. The van der Waals surface area contributed by atoms with E-state index in [0.717, 1.165) is 18.4 Å². The summed E-state index contributed by atoms with van der Waals surface area (Å²) in [5.74, 6) is 0. The van der Waals surface area contributed by atoms with E-state index in [1.54, 1.807) is 12.5 Å². The van der Waals surface area contributed by atoms with Gasteiger partial charge >= 0.3 is 6.18 Å². The minimum atomic E-state index is -4.10. The van der Waals surface area contributed by atoms with Crippen molar-refractivity contribution in [1.82, 2.24) is 10.2 Å². The molecule has 0 bridgehead atoms. The number of hydrogen-bond acceptors (Lipinski definition) is 3. The van der Waals surface area contributed by atoms with E-state index in [2.05, 4.69) is 5.32 Å². The van der Waals surface area contributed by atoms with Crippen molar-refractivity contribution in [2.45, 2.75) is 31.6 Å². The number of rotatable bonds is 7. The molecule has 1 saturated carbocycles. The number of hydrogen-bond donors (Lipinski definition) is 1. The van der Waals surface area contributed by atoms with Crippen LogP contribution >= 0.6 is 0 Å². The Kier molecular flexibility index (Phi) is 4.29. The van der Waals surface area contributed by atoms with Crippen molar-refractivity contribution in [1.29, 1.82) is 0 Å². The third-order valence-corrected chi connectivity index (χ3v) is 2.93. The molecule has 102 valence electrons. The second kappa shape index (κ2) is 5.75. The quantitative estimate of drug-likeness (QED) is 0.765. The van der Waals surface area contributed by atoms with Gasteiger partial charge in [-0.2, -0.15) is 13.2 Å². The Balaban J connectivity index is 1.66. The van der Waals surface area contributed by atoms with Crippen LogP contribution in [0, 0.1) is 0 Å². The summed E-state index contributed by atoms with van der Waals surface area (Å²) < 4.78 is 42.0. The normalized spacial score (nSPS) is 16.4. The van der Waals surface area contributed by atoms with Crippen LogP contribution in [-0.4, -0.2) is 36.8 Å². The van der Waals surface area contributed by atoms with Gasteiger partial charge in [0.1, 0.15) is 0 Å². The molecule has 1 aromatic rings. The lowest BCUT2D eigenvalue weighted by atomic mass is 10.3. The Morgan fingerprint density at radius 1 is 1.39 bits per heavy atom. The fraction of sp³-hybridized carbons (Fsp3) is 0.667. The van der Waals surface area contributed by atoms with Crippen molar-refractivity contribution >= 4 is 0 Å². The molecule has 0 spiro atoms. The molecule has 3 nitrogen and oxygen atoms in total. The summed E-state index contributed by atoms with van der Waals surface area (Å²) in [6, 6.07) is 1.96. The number of furan rings is 1. The summed E-state index contributed by atoms with van der Waals surface area (Å²) in [6.07, 6.45) is 0.876. The molecule has 1 aliphatic carbocycles. The van der Waals surface area contributed by atoms with Crippen molar-refractivity contribution in [3.63, 3.8) is 0 Å². The molecule has 1 N–H and O–H groups in total. The van der Waals surface area contributed by atoms with Crippen LogP contribution in [0.1, 0.15) is 18.4 Å². The molecule has 0 unspecified atom stereocenters. The Hall–Kier alpha value is -1.01. The van der Waals surface area contributed by atoms with Gasteiger partial charge in [0.25, 0.3) is 0 Å². The summed E-state index contributed by atoms with van der Waals surface area (Å²) in [7, 11) is 0. The fourth-order valence-corrected chi connectivity index (χ4v) is 1.91. The lowest BCUT2D eigenvalue weighted by Gasteiger charge is -2.23. The molecule has 6 heteroatoms. The molecule has 0 aliphatic heterocycles. The third-order valence-electron chi connectivity index (χ3n) is 2.93. The van der Waals surface area contributed by atoms with Crippen LogP contribution in [0.3, 0.4) is 0 Å². The summed E-state index contributed by atoms with van der Waals surface area (Å²) in [6.45, 7) is 0.811. The van der Waals surface area contributed by atoms with Crippen molar-refractivity contribution in [2.24, 2.45) is 0 Å². The van der Waals surface area contributed by atoms with Gasteiger partial charge in [0.05, 0.1) is 19.1 Å². The molecule has 1 aromatic heterocycles. The van der Waals surface area contributed by atoms with Gasteiger partial charge in [-0.15, -0.1) is 0 Å².